The molecule has 6 heteroatoms. The van der Waals surface area contributed by atoms with Crippen molar-refractivity contribution in [2.75, 3.05) is 13.2 Å². The van der Waals surface area contributed by atoms with Crippen LogP contribution in [0.25, 0.3) is 10.8 Å². The lowest BCUT2D eigenvalue weighted by Crippen LogP contribution is -2.36. The van der Waals surface area contributed by atoms with E-state index in [1.54, 1.807) is 16.2 Å². The monoisotopic (exact) mass is 292 g/mol. The zero-order valence-electron chi connectivity index (χ0n) is 11.0. The summed E-state index contributed by atoms with van der Waals surface area (Å²) in [6, 6.07) is 4.17. The molecule has 0 radical (unpaired) electrons. The van der Waals surface area contributed by atoms with Crippen molar-refractivity contribution in [2.24, 2.45) is 0 Å². The Bertz CT molecular complexity index is 575. The van der Waals surface area contributed by atoms with Gasteiger partial charge in [-0.2, -0.15) is 0 Å². The summed E-state index contributed by atoms with van der Waals surface area (Å²) >= 11 is 1.55. The minimum absolute atomic E-state index is 0.00149. The lowest BCUT2D eigenvalue weighted by molar-refractivity contribution is -0.131. The molecule has 0 aliphatic heterocycles. The van der Waals surface area contributed by atoms with Gasteiger partial charge in [-0.1, -0.05) is 6.07 Å². The minimum atomic E-state index is 0.00149. The number of carbonyl (C=O) groups excluding carboxylic acids is 1. The highest BCUT2D eigenvalue weighted by molar-refractivity contribution is 7.13. The van der Waals surface area contributed by atoms with Gasteiger partial charge in [0, 0.05) is 12.6 Å². The SMILES string of the molecule is O=C(Cc1coc(-c2cccs2)n1)N(CCO)C1CC1. The van der Waals surface area contributed by atoms with Crippen LogP contribution in [0.1, 0.15) is 18.5 Å². The summed E-state index contributed by atoms with van der Waals surface area (Å²) in [5.41, 5.74) is 0.641. The molecule has 1 fully saturated rings. The molecular formula is C14H16N2O3S. The highest BCUT2D eigenvalue weighted by Gasteiger charge is 2.32. The maximum absolute atomic E-state index is 12.2. The van der Waals surface area contributed by atoms with Gasteiger partial charge in [-0.25, -0.2) is 4.98 Å². The van der Waals surface area contributed by atoms with Crippen LogP contribution in [-0.4, -0.2) is 40.1 Å². The van der Waals surface area contributed by atoms with Gasteiger partial charge < -0.3 is 14.4 Å². The predicted octanol–water partition coefficient (Wildman–Crippen LogP) is 1.93. The van der Waals surface area contributed by atoms with Crippen molar-refractivity contribution in [1.29, 1.82) is 0 Å². The molecule has 106 valence electrons. The Hall–Kier alpha value is -1.66. The number of aliphatic hydroxyl groups excluding tert-OH is 1. The van der Waals surface area contributed by atoms with Crippen LogP contribution in [0.3, 0.4) is 0 Å². The average Bonchev–Trinajstić information content (AvgIpc) is 2.93. The molecule has 2 aromatic rings. The van der Waals surface area contributed by atoms with Gasteiger partial charge in [0.1, 0.15) is 6.26 Å². The third-order valence-electron chi connectivity index (χ3n) is 3.26. The Morgan fingerprint density at radius 1 is 1.55 bits per heavy atom. The first-order chi connectivity index (χ1) is 9.78. The number of nitrogens with zero attached hydrogens (tertiary/aromatic N) is 2. The fourth-order valence-corrected chi connectivity index (χ4v) is 2.82. The quantitative estimate of drug-likeness (QED) is 0.883. The maximum atomic E-state index is 12.2. The third-order valence-corrected chi connectivity index (χ3v) is 4.12. The molecule has 2 aromatic heterocycles. The van der Waals surface area contributed by atoms with E-state index in [1.807, 2.05) is 17.5 Å². The molecule has 1 saturated carbocycles. The van der Waals surface area contributed by atoms with E-state index in [0.29, 0.717) is 24.2 Å². The van der Waals surface area contributed by atoms with Crippen LogP contribution in [0.15, 0.2) is 28.2 Å². The number of amides is 1. The normalized spacial score (nSPS) is 14.4. The first kappa shape index (κ1) is 13.3. The van der Waals surface area contributed by atoms with Crippen LogP contribution in [0.5, 0.6) is 0 Å². The molecule has 1 N–H and O–H groups in total. The standard InChI is InChI=1S/C14H16N2O3S/c17-6-5-16(11-3-4-11)13(18)8-10-9-19-14(15-10)12-2-1-7-20-12/h1-2,7,9,11,17H,3-6,8H2. The Labute approximate surface area is 120 Å². The number of rotatable bonds is 6. The average molecular weight is 292 g/mol. The third kappa shape index (κ3) is 2.91. The van der Waals surface area contributed by atoms with Gasteiger partial charge in [-0.15, -0.1) is 11.3 Å². The summed E-state index contributed by atoms with van der Waals surface area (Å²) in [6.45, 7) is 0.403. The smallest absolute Gasteiger partial charge is 0.236 e. The molecule has 1 aliphatic carbocycles. The molecular weight excluding hydrogens is 276 g/mol. The van der Waals surface area contributed by atoms with Crippen molar-refractivity contribution in [2.45, 2.75) is 25.3 Å². The van der Waals surface area contributed by atoms with Crippen LogP contribution in [0.2, 0.25) is 0 Å². The van der Waals surface area contributed by atoms with E-state index in [9.17, 15) is 4.79 Å². The van der Waals surface area contributed by atoms with Gasteiger partial charge in [0.05, 0.1) is 23.6 Å². The second-order valence-corrected chi connectivity index (χ2v) is 5.79. The van der Waals surface area contributed by atoms with Gasteiger partial charge >= 0.3 is 0 Å². The summed E-state index contributed by atoms with van der Waals surface area (Å²) in [5.74, 6) is 0.565. The fourth-order valence-electron chi connectivity index (χ4n) is 2.16. The number of aliphatic hydroxyl groups is 1. The molecule has 2 heterocycles. The highest BCUT2D eigenvalue weighted by Crippen LogP contribution is 2.28. The molecule has 0 spiro atoms. The van der Waals surface area contributed by atoms with Crippen molar-refractivity contribution in [3.8, 4) is 10.8 Å². The van der Waals surface area contributed by atoms with Crippen LogP contribution < -0.4 is 0 Å². The van der Waals surface area contributed by atoms with Crippen molar-refractivity contribution >= 4 is 17.2 Å². The minimum Gasteiger partial charge on any atom is -0.444 e. The van der Waals surface area contributed by atoms with Gasteiger partial charge in [-0.05, 0) is 24.3 Å². The summed E-state index contributed by atoms with van der Waals surface area (Å²) < 4.78 is 5.40. The Morgan fingerprint density at radius 3 is 3.05 bits per heavy atom. The van der Waals surface area contributed by atoms with E-state index in [4.69, 9.17) is 9.52 Å². The van der Waals surface area contributed by atoms with Gasteiger partial charge in [0.2, 0.25) is 11.8 Å². The molecule has 0 bridgehead atoms. The molecule has 5 nitrogen and oxygen atoms in total. The molecule has 1 amide bonds. The molecule has 3 rings (SSSR count). The maximum Gasteiger partial charge on any atom is 0.236 e. The number of hydrogen-bond donors (Lipinski definition) is 1. The van der Waals surface area contributed by atoms with Gasteiger partial charge in [0.25, 0.3) is 0 Å². The Kier molecular flexibility index (Phi) is 3.84. The van der Waals surface area contributed by atoms with Crippen molar-refractivity contribution in [1.82, 2.24) is 9.88 Å². The van der Waals surface area contributed by atoms with Crippen molar-refractivity contribution in [3.05, 3.63) is 29.5 Å². The van der Waals surface area contributed by atoms with E-state index >= 15 is 0 Å². The van der Waals surface area contributed by atoms with E-state index in [1.165, 1.54) is 6.26 Å². The molecule has 0 saturated heterocycles. The first-order valence-electron chi connectivity index (χ1n) is 6.66. The summed E-state index contributed by atoms with van der Waals surface area (Å²) in [6.07, 6.45) is 3.83. The van der Waals surface area contributed by atoms with Crippen LogP contribution in [0.4, 0.5) is 0 Å². The predicted molar refractivity (Wildman–Crippen MR) is 75.3 cm³/mol. The molecule has 0 atom stereocenters. The number of aromatic nitrogens is 1. The van der Waals surface area contributed by atoms with E-state index in [2.05, 4.69) is 4.98 Å². The lowest BCUT2D eigenvalue weighted by Gasteiger charge is -2.20. The van der Waals surface area contributed by atoms with Crippen LogP contribution in [-0.2, 0) is 11.2 Å². The van der Waals surface area contributed by atoms with E-state index in [-0.39, 0.29) is 18.9 Å². The molecule has 0 aromatic carbocycles. The number of hydrogen-bond acceptors (Lipinski definition) is 5. The van der Waals surface area contributed by atoms with E-state index < -0.39 is 0 Å². The molecule has 20 heavy (non-hydrogen) atoms. The Morgan fingerprint density at radius 2 is 2.40 bits per heavy atom. The van der Waals surface area contributed by atoms with E-state index in [0.717, 1.165) is 17.7 Å². The topological polar surface area (TPSA) is 66.6 Å². The van der Waals surface area contributed by atoms with Crippen LogP contribution in [0, 0.1) is 0 Å². The fraction of sp³-hybridized carbons (Fsp3) is 0.429. The molecule has 1 aliphatic rings. The van der Waals surface area contributed by atoms with Crippen LogP contribution >= 0.6 is 11.3 Å². The summed E-state index contributed by atoms with van der Waals surface area (Å²) in [4.78, 5) is 19.3. The summed E-state index contributed by atoms with van der Waals surface area (Å²) in [7, 11) is 0. The van der Waals surface area contributed by atoms with Gasteiger partial charge in [0.15, 0.2) is 0 Å². The Balaban J connectivity index is 1.66. The molecule has 0 unspecified atom stereocenters. The zero-order valence-corrected chi connectivity index (χ0v) is 11.8. The highest BCUT2D eigenvalue weighted by atomic mass is 32.1. The largest absolute Gasteiger partial charge is 0.444 e. The number of carbonyl (C=O) groups is 1. The number of oxazole rings is 1. The second kappa shape index (κ2) is 5.76. The second-order valence-electron chi connectivity index (χ2n) is 4.84. The van der Waals surface area contributed by atoms with Crippen molar-refractivity contribution in [3.63, 3.8) is 0 Å². The summed E-state index contributed by atoms with van der Waals surface area (Å²) in [5, 5.41) is 11.0. The zero-order chi connectivity index (χ0) is 13.9. The first-order valence-corrected chi connectivity index (χ1v) is 7.54. The van der Waals surface area contributed by atoms with Crippen molar-refractivity contribution < 1.29 is 14.3 Å². The van der Waals surface area contributed by atoms with Gasteiger partial charge in [-0.3, -0.25) is 4.79 Å². The number of thiophene rings is 1. The lowest BCUT2D eigenvalue weighted by atomic mass is 10.3.